The second-order valence-corrected chi connectivity index (χ2v) is 16.3. The molecule has 1 amide bonds. The molecule has 3 aromatic rings. The van der Waals surface area contributed by atoms with Crippen molar-refractivity contribution in [3.8, 4) is 5.75 Å². The molecule has 2 aliphatic heterocycles. The van der Waals surface area contributed by atoms with Crippen molar-refractivity contribution >= 4 is 44.7 Å². The first-order valence-corrected chi connectivity index (χ1v) is 22.2. The summed E-state index contributed by atoms with van der Waals surface area (Å²) in [4.78, 5) is 32.2. The average Bonchev–Trinajstić information content (AvgIpc) is 3.67. The number of benzene rings is 2. The molecule has 7 nitrogen and oxygen atoms in total. The molecule has 8 heteroatoms. The van der Waals surface area contributed by atoms with E-state index in [1.54, 1.807) is 4.90 Å². The van der Waals surface area contributed by atoms with Crippen LogP contribution in [0.3, 0.4) is 0 Å². The van der Waals surface area contributed by atoms with Crippen molar-refractivity contribution in [3.63, 3.8) is 0 Å². The van der Waals surface area contributed by atoms with Gasteiger partial charge in [-0.3, -0.25) is 19.4 Å². The summed E-state index contributed by atoms with van der Waals surface area (Å²) in [6.45, 7) is 8.26. The molecule has 0 saturated carbocycles. The number of fused-ring (bicyclic) bond motifs is 2. The van der Waals surface area contributed by atoms with Crippen LogP contribution in [0.2, 0.25) is 0 Å². The van der Waals surface area contributed by atoms with Crippen LogP contribution in [0.4, 0.5) is 11.4 Å². The van der Waals surface area contributed by atoms with E-state index in [0.717, 1.165) is 75.4 Å². The van der Waals surface area contributed by atoms with Crippen molar-refractivity contribution in [2.75, 3.05) is 55.9 Å². The van der Waals surface area contributed by atoms with Gasteiger partial charge in [-0.15, -0.1) is 11.3 Å². The highest BCUT2D eigenvalue weighted by molar-refractivity contribution is 7.17. The number of aryl methyl sites for hydroxylation is 1. The molecule has 53 heavy (non-hydrogen) atoms. The molecule has 1 saturated heterocycles. The fourth-order valence-corrected chi connectivity index (χ4v) is 8.68. The Hall–Kier alpha value is -3.10. The molecule has 0 N–H and O–H groups in total. The Morgan fingerprint density at radius 2 is 1.40 bits per heavy atom. The highest BCUT2D eigenvalue weighted by atomic mass is 32.1. The summed E-state index contributed by atoms with van der Waals surface area (Å²) >= 11 is 1.81. The van der Waals surface area contributed by atoms with Crippen LogP contribution in [0.5, 0.6) is 5.75 Å². The number of piperazine rings is 1. The van der Waals surface area contributed by atoms with Crippen molar-refractivity contribution in [2.45, 2.75) is 142 Å². The molecular formula is C45H67N3O4S. The Morgan fingerprint density at radius 1 is 0.717 bits per heavy atom. The van der Waals surface area contributed by atoms with Gasteiger partial charge in [0.05, 0.1) is 12.3 Å². The molecule has 0 radical (unpaired) electrons. The van der Waals surface area contributed by atoms with E-state index in [-0.39, 0.29) is 18.6 Å². The summed E-state index contributed by atoms with van der Waals surface area (Å²) in [6.07, 6.45) is 24.5. The Labute approximate surface area is 324 Å². The van der Waals surface area contributed by atoms with Gasteiger partial charge in [0, 0.05) is 60.9 Å². The largest absolute Gasteiger partial charge is 0.494 e. The monoisotopic (exact) mass is 745 g/mol. The summed E-state index contributed by atoms with van der Waals surface area (Å²) < 4.78 is 13.1. The molecule has 2 aromatic carbocycles. The minimum absolute atomic E-state index is 0.00281. The second-order valence-electron chi connectivity index (χ2n) is 15.3. The van der Waals surface area contributed by atoms with Crippen molar-refractivity contribution in [1.29, 1.82) is 0 Å². The number of unbranched alkanes of at least 4 members (excludes halogenated alkanes) is 16. The van der Waals surface area contributed by atoms with Gasteiger partial charge in [0.25, 0.3) is 0 Å². The minimum Gasteiger partial charge on any atom is -0.494 e. The zero-order chi connectivity index (χ0) is 36.9. The molecule has 0 atom stereocenters. The number of carbonyl (C=O) groups excluding carboxylic acids is 2. The number of nitrogens with zero attached hydrogens (tertiary/aromatic N) is 3. The van der Waals surface area contributed by atoms with Gasteiger partial charge >= 0.3 is 5.97 Å². The van der Waals surface area contributed by atoms with Gasteiger partial charge in [0.2, 0.25) is 5.91 Å². The van der Waals surface area contributed by atoms with Crippen molar-refractivity contribution < 1.29 is 19.1 Å². The predicted octanol–water partition coefficient (Wildman–Crippen LogP) is 11.3. The van der Waals surface area contributed by atoms with E-state index in [1.807, 2.05) is 23.5 Å². The summed E-state index contributed by atoms with van der Waals surface area (Å²) in [6, 6.07) is 14.9. The van der Waals surface area contributed by atoms with Crippen molar-refractivity contribution in [2.24, 2.45) is 0 Å². The molecule has 1 aromatic heterocycles. The van der Waals surface area contributed by atoms with Gasteiger partial charge in [0.1, 0.15) is 5.75 Å². The van der Waals surface area contributed by atoms with E-state index in [1.165, 1.54) is 106 Å². The summed E-state index contributed by atoms with van der Waals surface area (Å²) in [7, 11) is 0. The number of amides is 1. The molecular weight excluding hydrogens is 679 g/mol. The van der Waals surface area contributed by atoms with E-state index in [9.17, 15) is 9.59 Å². The maximum absolute atomic E-state index is 12.9. The zero-order valence-electron chi connectivity index (χ0n) is 32.8. The van der Waals surface area contributed by atoms with Crippen LogP contribution in [-0.2, 0) is 20.7 Å². The lowest BCUT2D eigenvalue weighted by molar-refractivity contribution is -0.144. The normalized spacial score (nSPS) is 14.9. The third kappa shape index (κ3) is 13.9. The fraction of sp³-hybridized carbons (Fsp3) is 0.644. The third-order valence-electron chi connectivity index (χ3n) is 11.2. The van der Waals surface area contributed by atoms with Gasteiger partial charge in [-0.2, -0.15) is 0 Å². The van der Waals surface area contributed by atoms with E-state index < -0.39 is 0 Å². The van der Waals surface area contributed by atoms with Crippen LogP contribution in [0.15, 0.2) is 47.8 Å². The van der Waals surface area contributed by atoms with Crippen LogP contribution in [0.1, 0.15) is 141 Å². The van der Waals surface area contributed by atoms with Crippen LogP contribution >= 0.6 is 11.3 Å². The summed E-state index contributed by atoms with van der Waals surface area (Å²) in [5, 5.41) is 3.56. The van der Waals surface area contributed by atoms with Gasteiger partial charge in [0.15, 0.2) is 6.73 Å². The Kier molecular flexibility index (Phi) is 18.3. The van der Waals surface area contributed by atoms with Crippen LogP contribution in [-0.4, -0.2) is 62.8 Å². The van der Waals surface area contributed by atoms with Crippen LogP contribution < -0.4 is 14.5 Å². The van der Waals surface area contributed by atoms with Gasteiger partial charge in [-0.1, -0.05) is 115 Å². The third-order valence-corrected chi connectivity index (χ3v) is 12.1. The standard InChI is InChI=1S/C45H67N3O4S/c1-2-3-4-5-6-7-8-9-10-11-12-13-14-15-16-17-23-45(50)52-37-48-42-36-39(26-24-38(42)25-27-44(48)49)51-34-19-18-29-46-30-32-47(33-31-46)41-21-20-22-43-40(41)28-35-53-43/h20-22,24,26,28,35-36H,2-19,23,25,27,29-34,37H2,1H3. The topological polar surface area (TPSA) is 62.3 Å². The lowest BCUT2D eigenvalue weighted by atomic mass is 10.0. The number of esters is 1. The molecule has 292 valence electrons. The van der Waals surface area contributed by atoms with E-state index in [4.69, 9.17) is 9.47 Å². The number of rotatable bonds is 26. The van der Waals surface area contributed by atoms with E-state index in [0.29, 0.717) is 25.9 Å². The Bertz CT molecular complexity index is 1500. The Balaban J connectivity index is 0.895. The first-order chi connectivity index (χ1) is 26.1. The fourth-order valence-electron chi connectivity index (χ4n) is 7.87. The lowest BCUT2D eigenvalue weighted by Gasteiger charge is -2.36. The molecule has 5 rings (SSSR count). The van der Waals surface area contributed by atoms with Gasteiger partial charge < -0.3 is 14.4 Å². The summed E-state index contributed by atoms with van der Waals surface area (Å²) in [5.74, 6) is 0.542. The highest BCUT2D eigenvalue weighted by Gasteiger charge is 2.26. The number of ether oxygens (including phenoxy) is 2. The molecule has 0 unspecified atom stereocenters. The zero-order valence-corrected chi connectivity index (χ0v) is 33.6. The van der Waals surface area contributed by atoms with E-state index >= 15 is 0 Å². The molecule has 3 heterocycles. The van der Waals surface area contributed by atoms with E-state index in [2.05, 4.69) is 52.4 Å². The summed E-state index contributed by atoms with van der Waals surface area (Å²) in [5.41, 5.74) is 3.27. The first-order valence-electron chi connectivity index (χ1n) is 21.3. The Morgan fingerprint density at radius 3 is 2.09 bits per heavy atom. The quantitative estimate of drug-likeness (QED) is 0.0602. The highest BCUT2D eigenvalue weighted by Crippen LogP contribution is 2.33. The molecule has 0 spiro atoms. The lowest BCUT2D eigenvalue weighted by Crippen LogP contribution is -2.46. The van der Waals surface area contributed by atoms with Crippen LogP contribution in [0.25, 0.3) is 10.1 Å². The smallest absolute Gasteiger partial charge is 0.307 e. The molecule has 1 fully saturated rings. The molecule has 0 bridgehead atoms. The second kappa shape index (κ2) is 23.6. The molecule has 2 aliphatic rings. The predicted molar refractivity (Wildman–Crippen MR) is 223 cm³/mol. The SMILES string of the molecule is CCCCCCCCCCCCCCCCCCC(=O)OCN1C(=O)CCc2ccc(OCCCCN3CCN(c4cccc5sccc45)CC3)cc21. The van der Waals surface area contributed by atoms with Crippen molar-refractivity contribution in [3.05, 3.63) is 53.4 Å². The number of carbonyl (C=O) groups is 2. The van der Waals surface area contributed by atoms with Gasteiger partial charge in [-0.25, -0.2) is 0 Å². The number of hydrogen-bond acceptors (Lipinski definition) is 7. The maximum atomic E-state index is 12.9. The maximum Gasteiger partial charge on any atom is 0.307 e. The number of hydrogen-bond donors (Lipinski definition) is 0. The molecule has 0 aliphatic carbocycles. The minimum atomic E-state index is -0.219. The van der Waals surface area contributed by atoms with Crippen molar-refractivity contribution in [1.82, 2.24) is 4.90 Å². The van der Waals surface area contributed by atoms with Crippen LogP contribution in [0, 0.1) is 0 Å². The number of thiophene rings is 1. The number of anilines is 2. The van der Waals surface area contributed by atoms with Gasteiger partial charge in [-0.05, 0) is 67.4 Å². The average molecular weight is 746 g/mol. The first kappa shape index (κ1) is 41.1.